The summed E-state index contributed by atoms with van der Waals surface area (Å²) < 4.78 is 0. The second-order valence-electron chi connectivity index (χ2n) is 5.12. The highest BCUT2D eigenvalue weighted by molar-refractivity contribution is 5.36. The van der Waals surface area contributed by atoms with Gasteiger partial charge in [0.2, 0.25) is 0 Å². The van der Waals surface area contributed by atoms with Crippen LogP contribution in [0, 0.1) is 11.8 Å². The van der Waals surface area contributed by atoms with Crippen molar-refractivity contribution in [1.82, 2.24) is 0 Å². The second-order valence-corrected chi connectivity index (χ2v) is 5.12. The normalized spacial score (nSPS) is 38.8. The molecule has 72 valence electrons. The van der Waals surface area contributed by atoms with Crippen LogP contribution in [0.2, 0.25) is 0 Å². The molecule has 0 amide bonds. The van der Waals surface area contributed by atoms with E-state index >= 15 is 0 Å². The fourth-order valence-corrected chi connectivity index (χ4v) is 3.61. The number of hydrogen-bond acceptors (Lipinski definition) is 0. The Morgan fingerprint density at radius 2 is 1.31 bits per heavy atom. The largest absolute Gasteiger partial charge is 0.0704 e. The Balaban J connectivity index is 1.77. The van der Waals surface area contributed by atoms with Crippen LogP contribution in [-0.2, 0) is 0 Å². The van der Waals surface area contributed by atoms with Crippen LogP contribution in [0.4, 0.5) is 0 Å². The first-order valence-corrected chi connectivity index (χ1v) is 6.18. The molecule has 3 saturated carbocycles. The van der Waals surface area contributed by atoms with Gasteiger partial charge in [-0.25, -0.2) is 0 Å². The maximum Gasteiger partial charge on any atom is -0.0132 e. The van der Waals surface area contributed by atoms with Crippen LogP contribution in [-0.4, -0.2) is 0 Å². The predicted octanol–water partition coefficient (Wildman–Crippen LogP) is 4.07. The molecule has 3 rings (SSSR count). The highest BCUT2D eigenvalue weighted by atomic mass is 14.5. The average Bonchev–Trinajstić information content (AvgIpc) is 2.93. The lowest BCUT2D eigenvalue weighted by atomic mass is 9.93. The van der Waals surface area contributed by atoms with Crippen molar-refractivity contribution in [3.8, 4) is 0 Å². The van der Waals surface area contributed by atoms with Gasteiger partial charge in [0.05, 0.1) is 0 Å². The minimum Gasteiger partial charge on any atom is -0.0704 e. The lowest BCUT2D eigenvalue weighted by molar-refractivity contribution is 0.480. The smallest absolute Gasteiger partial charge is 0.0132 e. The molecule has 0 nitrogen and oxygen atoms in total. The van der Waals surface area contributed by atoms with Crippen molar-refractivity contribution >= 4 is 0 Å². The SMILES string of the molecule is C1CCC(=C2C3CCCCC23)CC1. The summed E-state index contributed by atoms with van der Waals surface area (Å²) in [6.45, 7) is 0. The zero-order chi connectivity index (χ0) is 8.67. The first kappa shape index (κ1) is 8.08. The Kier molecular flexibility index (Phi) is 1.96. The molecule has 3 aliphatic carbocycles. The third-order valence-corrected chi connectivity index (χ3v) is 4.32. The summed E-state index contributed by atoms with van der Waals surface area (Å²) >= 11 is 0. The van der Waals surface area contributed by atoms with Crippen molar-refractivity contribution in [1.29, 1.82) is 0 Å². The van der Waals surface area contributed by atoms with Gasteiger partial charge in [-0.3, -0.25) is 0 Å². The number of rotatable bonds is 0. The summed E-state index contributed by atoms with van der Waals surface area (Å²) in [4.78, 5) is 0. The van der Waals surface area contributed by atoms with E-state index in [2.05, 4.69) is 0 Å². The monoisotopic (exact) mass is 176 g/mol. The van der Waals surface area contributed by atoms with Crippen LogP contribution >= 0.6 is 0 Å². The summed E-state index contributed by atoms with van der Waals surface area (Å²) in [7, 11) is 0. The zero-order valence-corrected chi connectivity index (χ0v) is 8.52. The molecule has 2 unspecified atom stereocenters. The Morgan fingerprint density at radius 3 is 1.92 bits per heavy atom. The molecule has 0 N–H and O–H groups in total. The van der Waals surface area contributed by atoms with Gasteiger partial charge in [0, 0.05) is 0 Å². The van der Waals surface area contributed by atoms with Crippen LogP contribution < -0.4 is 0 Å². The Labute approximate surface area is 81.4 Å². The van der Waals surface area contributed by atoms with E-state index in [1.807, 2.05) is 11.1 Å². The average molecular weight is 176 g/mol. The number of fused-ring (bicyclic) bond motifs is 1. The molecular formula is C13H20. The standard InChI is InChI=1S/C13H20/c1-2-6-10(7-3-1)13-11-8-4-5-9-12(11)13/h11-12H,1-9H2. The molecule has 0 heteroatoms. The first-order chi connectivity index (χ1) is 6.47. The molecule has 3 aliphatic rings. The van der Waals surface area contributed by atoms with Gasteiger partial charge in [0.25, 0.3) is 0 Å². The predicted molar refractivity (Wildman–Crippen MR) is 55.6 cm³/mol. The molecule has 0 heterocycles. The van der Waals surface area contributed by atoms with Gasteiger partial charge in [-0.2, -0.15) is 0 Å². The Bertz CT molecular complexity index is 214. The van der Waals surface area contributed by atoms with Crippen molar-refractivity contribution in [2.75, 3.05) is 0 Å². The molecule has 0 aromatic carbocycles. The van der Waals surface area contributed by atoms with Crippen molar-refractivity contribution < 1.29 is 0 Å². The van der Waals surface area contributed by atoms with Gasteiger partial charge in [0.15, 0.2) is 0 Å². The van der Waals surface area contributed by atoms with Crippen molar-refractivity contribution in [2.24, 2.45) is 11.8 Å². The first-order valence-electron chi connectivity index (χ1n) is 6.18. The summed E-state index contributed by atoms with van der Waals surface area (Å²) in [6, 6.07) is 0. The molecule has 0 bridgehead atoms. The van der Waals surface area contributed by atoms with Gasteiger partial charge in [-0.1, -0.05) is 30.4 Å². The zero-order valence-electron chi connectivity index (χ0n) is 8.52. The quantitative estimate of drug-likeness (QED) is 0.488. The van der Waals surface area contributed by atoms with Crippen LogP contribution in [0.3, 0.4) is 0 Å². The van der Waals surface area contributed by atoms with E-state index in [1.165, 1.54) is 57.8 Å². The lowest BCUT2D eigenvalue weighted by Gasteiger charge is -2.13. The highest BCUT2D eigenvalue weighted by Crippen LogP contribution is 2.57. The van der Waals surface area contributed by atoms with E-state index in [4.69, 9.17) is 0 Å². The molecule has 0 spiro atoms. The fraction of sp³-hybridized carbons (Fsp3) is 0.846. The van der Waals surface area contributed by atoms with Crippen LogP contribution in [0.15, 0.2) is 11.1 Å². The van der Waals surface area contributed by atoms with Crippen molar-refractivity contribution in [3.63, 3.8) is 0 Å². The summed E-state index contributed by atoms with van der Waals surface area (Å²) in [6.07, 6.45) is 13.5. The fourth-order valence-electron chi connectivity index (χ4n) is 3.61. The molecule has 0 aliphatic heterocycles. The molecular weight excluding hydrogens is 156 g/mol. The Morgan fingerprint density at radius 1 is 0.692 bits per heavy atom. The third kappa shape index (κ3) is 1.35. The van der Waals surface area contributed by atoms with E-state index in [0.29, 0.717) is 0 Å². The van der Waals surface area contributed by atoms with Gasteiger partial charge in [-0.05, 0) is 50.4 Å². The number of hydrogen-bond donors (Lipinski definition) is 0. The third-order valence-electron chi connectivity index (χ3n) is 4.32. The molecule has 13 heavy (non-hydrogen) atoms. The molecule has 0 radical (unpaired) electrons. The van der Waals surface area contributed by atoms with Crippen molar-refractivity contribution in [2.45, 2.75) is 57.8 Å². The molecule has 0 aromatic heterocycles. The minimum atomic E-state index is 1.09. The van der Waals surface area contributed by atoms with Crippen LogP contribution in [0.25, 0.3) is 0 Å². The van der Waals surface area contributed by atoms with Crippen LogP contribution in [0.1, 0.15) is 57.8 Å². The summed E-state index contributed by atoms with van der Waals surface area (Å²) in [5.74, 6) is 2.17. The van der Waals surface area contributed by atoms with Gasteiger partial charge < -0.3 is 0 Å². The second kappa shape index (κ2) is 3.15. The van der Waals surface area contributed by atoms with Crippen molar-refractivity contribution in [3.05, 3.63) is 11.1 Å². The van der Waals surface area contributed by atoms with E-state index < -0.39 is 0 Å². The molecule has 3 fully saturated rings. The summed E-state index contributed by atoms with van der Waals surface area (Å²) in [5, 5.41) is 0. The maximum atomic E-state index is 1.96. The van der Waals surface area contributed by atoms with E-state index in [1.54, 1.807) is 0 Å². The molecule has 0 aromatic rings. The van der Waals surface area contributed by atoms with Gasteiger partial charge in [-0.15, -0.1) is 0 Å². The van der Waals surface area contributed by atoms with E-state index in [-0.39, 0.29) is 0 Å². The molecule has 2 atom stereocenters. The lowest BCUT2D eigenvalue weighted by Crippen LogP contribution is -1.93. The van der Waals surface area contributed by atoms with Crippen LogP contribution in [0.5, 0.6) is 0 Å². The number of allylic oxidation sites excluding steroid dienone is 2. The minimum absolute atomic E-state index is 1.09. The van der Waals surface area contributed by atoms with E-state index in [0.717, 1.165) is 11.8 Å². The molecule has 0 saturated heterocycles. The highest BCUT2D eigenvalue weighted by Gasteiger charge is 2.46. The van der Waals surface area contributed by atoms with Gasteiger partial charge >= 0.3 is 0 Å². The topological polar surface area (TPSA) is 0 Å². The summed E-state index contributed by atoms with van der Waals surface area (Å²) in [5.41, 5.74) is 3.86. The van der Waals surface area contributed by atoms with Gasteiger partial charge in [0.1, 0.15) is 0 Å². The Hall–Kier alpha value is -0.260. The maximum absolute atomic E-state index is 1.96. The van der Waals surface area contributed by atoms with E-state index in [9.17, 15) is 0 Å².